The molecule has 0 heterocycles. The van der Waals surface area contributed by atoms with Gasteiger partial charge in [0.15, 0.2) is 19.0 Å². The van der Waals surface area contributed by atoms with Crippen LogP contribution in [0.25, 0.3) is 0 Å². The molecule has 0 aliphatic carbocycles. The lowest BCUT2D eigenvalue weighted by Crippen LogP contribution is -2.28. The van der Waals surface area contributed by atoms with Crippen molar-refractivity contribution in [3.63, 3.8) is 0 Å². The zero-order valence-corrected chi connectivity index (χ0v) is 16.0. The molecule has 0 bridgehead atoms. The van der Waals surface area contributed by atoms with Crippen molar-refractivity contribution in [3.8, 4) is 11.5 Å². The highest BCUT2D eigenvalue weighted by atomic mass is 16.5. The molecule has 0 saturated heterocycles. The molecule has 2 amide bonds. The van der Waals surface area contributed by atoms with E-state index in [4.69, 9.17) is 9.47 Å². The molecule has 0 radical (unpaired) electrons. The van der Waals surface area contributed by atoms with E-state index in [2.05, 4.69) is 10.6 Å². The zero-order chi connectivity index (χ0) is 20.4. The molecular weight excluding hydrogens is 360 g/mol. The average Bonchev–Trinajstić information content (AvgIpc) is 2.72. The van der Waals surface area contributed by atoms with Crippen molar-refractivity contribution < 1.29 is 23.9 Å². The molecule has 0 unspecified atom stereocenters. The maximum Gasteiger partial charge on any atom is 0.262 e. The van der Waals surface area contributed by atoms with Crippen molar-refractivity contribution in [2.24, 2.45) is 0 Å². The van der Waals surface area contributed by atoms with Gasteiger partial charge in [0, 0.05) is 24.2 Å². The first-order valence-corrected chi connectivity index (χ1v) is 9.07. The molecule has 28 heavy (non-hydrogen) atoms. The molecule has 0 spiro atoms. The number of rotatable bonds is 10. The Morgan fingerprint density at radius 3 is 1.86 bits per heavy atom. The molecule has 0 aliphatic rings. The average molecular weight is 384 g/mol. The molecular formula is C21H24N2O5. The van der Waals surface area contributed by atoms with Gasteiger partial charge < -0.3 is 20.1 Å². The fourth-order valence-corrected chi connectivity index (χ4v) is 2.32. The van der Waals surface area contributed by atoms with Gasteiger partial charge in [-0.3, -0.25) is 14.4 Å². The predicted molar refractivity (Wildman–Crippen MR) is 106 cm³/mol. The first-order chi connectivity index (χ1) is 13.5. The zero-order valence-electron chi connectivity index (χ0n) is 16.0. The lowest BCUT2D eigenvalue weighted by molar-refractivity contribution is -0.123. The molecule has 2 N–H and O–H groups in total. The quantitative estimate of drug-likeness (QED) is 0.615. The number of ether oxygens (including phenoxy) is 2. The Hall–Kier alpha value is -3.35. The highest BCUT2D eigenvalue weighted by Gasteiger charge is 2.07. The van der Waals surface area contributed by atoms with E-state index in [1.807, 2.05) is 6.92 Å². The highest BCUT2D eigenvalue weighted by Crippen LogP contribution is 2.16. The number of nitrogens with one attached hydrogen (secondary N) is 2. The van der Waals surface area contributed by atoms with Crippen LogP contribution in [0.3, 0.4) is 0 Å². The summed E-state index contributed by atoms with van der Waals surface area (Å²) in [5, 5.41) is 5.35. The van der Waals surface area contributed by atoms with Gasteiger partial charge in [-0.1, -0.05) is 6.92 Å². The van der Waals surface area contributed by atoms with Crippen LogP contribution in [0.15, 0.2) is 48.5 Å². The molecule has 2 aromatic carbocycles. The van der Waals surface area contributed by atoms with Crippen LogP contribution in [0.5, 0.6) is 11.5 Å². The van der Waals surface area contributed by atoms with Crippen molar-refractivity contribution in [2.75, 3.05) is 25.1 Å². The van der Waals surface area contributed by atoms with E-state index in [0.29, 0.717) is 35.7 Å². The Morgan fingerprint density at radius 1 is 0.786 bits per heavy atom. The molecule has 7 heteroatoms. The van der Waals surface area contributed by atoms with Crippen molar-refractivity contribution in [2.45, 2.75) is 20.3 Å². The highest BCUT2D eigenvalue weighted by molar-refractivity contribution is 5.96. The molecule has 0 fully saturated rings. The number of carbonyl (C=O) groups is 3. The van der Waals surface area contributed by atoms with Crippen LogP contribution >= 0.6 is 0 Å². The number of hydrogen-bond acceptors (Lipinski definition) is 5. The molecule has 0 saturated carbocycles. The Bertz CT molecular complexity index is 801. The molecule has 0 atom stereocenters. The number of benzene rings is 2. The number of amides is 2. The Morgan fingerprint density at radius 2 is 1.32 bits per heavy atom. The van der Waals surface area contributed by atoms with Gasteiger partial charge in [0.2, 0.25) is 0 Å². The van der Waals surface area contributed by atoms with E-state index in [1.165, 1.54) is 0 Å². The number of ketones is 1. The van der Waals surface area contributed by atoms with Crippen molar-refractivity contribution in [1.82, 2.24) is 5.32 Å². The van der Waals surface area contributed by atoms with Crippen LogP contribution in [-0.2, 0) is 9.59 Å². The molecule has 2 aromatic rings. The summed E-state index contributed by atoms with van der Waals surface area (Å²) < 4.78 is 10.8. The first kappa shape index (κ1) is 21.0. The molecule has 2 rings (SSSR count). The van der Waals surface area contributed by atoms with E-state index < -0.39 is 0 Å². The fourth-order valence-electron chi connectivity index (χ4n) is 2.32. The standard InChI is InChI=1S/C21H24N2O5/c1-3-19(24)15-5-9-17(10-6-15)28-14-21(26)23-16-7-11-18(12-8-16)27-13-20(25)22-4-2/h5-12H,3-4,13-14H2,1-2H3,(H,22,25)(H,23,26). The van der Waals surface area contributed by atoms with Crippen LogP contribution in [0, 0.1) is 0 Å². The third-order valence-corrected chi connectivity index (χ3v) is 3.75. The van der Waals surface area contributed by atoms with E-state index in [0.717, 1.165) is 0 Å². The topological polar surface area (TPSA) is 93.7 Å². The largest absolute Gasteiger partial charge is 0.484 e. The third-order valence-electron chi connectivity index (χ3n) is 3.75. The second-order valence-electron chi connectivity index (χ2n) is 5.90. The van der Waals surface area contributed by atoms with E-state index in [1.54, 1.807) is 55.5 Å². The first-order valence-electron chi connectivity index (χ1n) is 9.07. The van der Waals surface area contributed by atoms with Gasteiger partial charge in [0.05, 0.1) is 0 Å². The summed E-state index contributed by atoms with van der Waals surface area (Å²) in [6.07, 6.45) is 0.443. The Kier molecular flexibility index (Phi) is 8.02. The molecule has 0 aliphatic heterocycles. The summed E-state index contributed by atoms with van der Waals surface area (Å²) in [5.74, 6) is 0.593. The summed E-state index contributed by atoms with van der Waals surface area (Å²) in [6, 6.07) is 13.4. The number of carbonyl (C=O) groups excluding carboxylic acids is 3. The summed E-state index contributed by atoms with van der Waals surface area (Å²) in [7, 11) is 0. The van der Waals surface area contributed by atoms with Crippen molar-refractivity contribution in [1.29, 1.82) is 0 Å². The van der Waals surface area contributed by atoms with Crippen molar-refractivity contribution >= 4 is 23.3 Å². The maximum absolute atomic E-state index is 12.0. The maximum atomic E-state index is 12.0. The summed E-state index contributed by atoms with van der Waals surface area (Å²) in [6.45, 7) is 3.98. The van der Waals surface area contributed by atoms with Gasteiger partial charge in [-0.05, 0) is 55.5 Å². The normalized spacial score (nSPS) is 10.1. The lowest BCUT2D eigenvalue weighted by Gasteiger charge is -2.09. The van der Waals surface area contributed by atoms with Crippen LogP contribution < -0.4 is 20.1 Å². The molecule has 7 nitrogen and oxygen atoms in total. The minimum Gasteiger partial charge on any atom is -0.484 e. The van der Waals surface area contributed by atoms with Crippen LogP contribution in [-0.4, -0.2) is 37.4 Å². The summed E-state index contributed by atoms with van der Waals surface area (Å²) >= 11 is 0. The lowest BCUT2D eigenvalue weighted by atomic mass is 10.1. The molecule has 0 aromatic heterocycles. The number of hydrogen-bond donors (Lipinski definition) is 2. The van der Waals surface area contributed by atoms with Gasteiger partial charge in [-0.2, -0.15) is 0 Å². The third kappa shape index (κ3) is 6.75. The number of likely N-dealkylation sites (N-methyl/N-ethyl adjacent to an activating group) is 1. The Balaban J connectivity index is 1.78. The van der Waals surface area contributed by atoms with Gasteiger partial charge in [0.1, 0.15) is 11.5 Å². The smallest absolute Gasteiger partial charge is 0.262 e. The van der Waals surface area contributed by atoms with Gasteiger partial charge in [-0.25, -0.2) is 0 Å². The van der Waals surface area contributed by atoms with E-state index in [-0.39, 0.29) is 30.8 Å². The van der Waals surface area contributed by atoms with E-state index in [9.17, 15) is 14.4 Å². The van der Waals surface area contributed by atoms with Crippen LogP contribution in [0.1, 0.15) is 30.6 Å². The monoisotopic (exact) mass is 384 g/mol. The molecule has 148 valence electrons. The number of Topliss-reactive ketones (excluding diaryl/α,β-unsaturated/α-hetero) is 1. The minimum atomic E-state index is -0.315. The Labute approximate surface area is 164 Å². The summed E-state index contributed by atoms with van der Waals surface area (Å²) in [4.78, 5) is 35.0. The van der Waals surface area contributed by atoms with Crippen molar-refractivity contribution in [3.05, 3.63) is 54.1 Å². The van der Waals surface area contributed by atoms with E-state index >= 15 is 0 Å². The summed E-state index contributed by atoms with van der Waals surface area (Å²) in [5.41, 5.74) is 1.21. The predicted octanol–water partition coefficient (Wildman–Crippen LogP) is 2.81. The van der Waals surface area contributed by atoms with Crippen LogP contribution in [0.4, 0.5) is 5.69 Å². The fraction of sp³-hybridized carbons (Fsp3) is 0.286. The SMILES string of the molecule is CCNC(=O)COc1ccc(NC(=O)COc2ccc(C(=O)CC)cc2)cc1. The second kappa shape index (κ2) is 10.7. The number of anilines is 1. The second-order valence-corrected chi connectivity index (χ2v) is 5.90. The van der Waals surface area contributed by atoms with Gasteiger partial charge in [0.25, 0.3) is 11.8 Å². The van der Waals surface area contributed by atoms with Gasteiger partial charge >= 0.3 is 0 Å². The minimum absolute atomic E-state index is 0.0581. The van der Waals surface area contributed by atoms with Gasteiger partial charge in [-0.15, -0.1) is 0 Å². The van der Waals surface area contributed by atoms with Crippen LogP contribution in [0.2, 0.25) is 0 Å².